The summed E-state index contributed by atoms with van der Waals surface area (Å²) >= 11 is 0. The molecule has 1 aromatic rings. The first-order valence-corrected chi connectivity index (χ1v) is 7.57. The second-order valence-corrected chi connectivity index (χ2v) is 7.19. The first-order chi connectivity index (χ1) is 9.83. The normalized spacial score (nSPS) is 27.4. The van der Waals surface area contributed by atoms with E-state index in [4.69, 9.17) is 4.74 Å². The summed E-state index contributed by atoms with van der Waals surface area (Å²) in [6.45, 7) is 6.45. The minimum absolute atomic E-state index is 0.190. The second-order valence-electron chi connectivity index (χ2n) is 7.19. The third-order valence-electron chi connectivity index (χ3n) is 4.29. The first-order valence-electron chi connectivity index (χ1n) is 7.57. The van der Waals surface area contributed by atoms with Crippen LogP contribution < -0.4 is 0 Å². The van der Waals surface area contributed by atoms with Crippen LogP contribution in [0.4, 0.5) is 9.18 Å². The molecule has 2 aliphatic rings. The molecule has 3 atom stereocenters. The van der Waals surface area contributed by atoms with Gasteiger partial charge in [-0.25, -0.2) is 9.18 Å². The van der Waals surface area contributed by atoms with Crippen molar-refractivity contribution in [2.45, 2.75) is 45.3 Å². The SMILES string of the molecule is CC(C)(C)OC(=O)N1C[C@H]2C[C@H]2[C@@H]1Cc1ccc(F)cc1. The highest BCUT2D eigenvalue weighted by molar-refractivity contribution is 5.69. The zero-order chi connectivity index (χ0) is 15.2. The van der Waals surface area contributed by atoms with Crippen LogP contribution in [0, 0.1) is 17.7 Å². The minimum Gasteiger partial charge on any atom is -0.444 e. The van der Waals surface area contributed by atoms with Gasteiger partial charge < -0.3 is 9.64 Å². The molecule has 1 saturated heterocycles. The molecule has 0 unspecified atom stereocenters. The number of hydrogen-bond donors (Lipinski definition) is 0. The standard InChI is InChI=1S/C17H22FNO2/c1-17(2,3)21-16(20)19-10-12-9-14(12)15(19)8-11-4-6-13(18)7-5-11/h4-7,12,14-15H,8-10H2,1-3H3/t12-,14-,15+/m1/s1. The van der Waals surface area contributed by atoms with Gasteiger partial charge >= 0.3 is 6.09 Å². The molecule has 0 N–H and O–H groups in total. The minimum atomic E-state index is -0.468. The third-order valence-corrected chi connectivity index (χ3v) is 4.29. The van der Waals surface area contributed by atoms with E-state index >= 15 is 0 Å². The van der Waals surface area contributed by atoms with E-state index in [1.165, 1.54) is 18.6 Å². The summed E-state index contributed by atoms with van der Waals surface area (Å²) in [5.41, 5.74) is 0.604. The molecule has 21 heavy (non-hydrogen) atoms. The average Bonchev–Trinajstić information content (AvgIpc) is 3.06. The number of carbonyl (C=O) groups excluding carboxylic acids is 1. The molecule has 3 rings (SSSR count). The lowest BCUT2D eigenvalue weighted by Crippen LogP contribution is -2.42. The van der Waals surface area contributed by atoms with Crippen LogP contribution in [0.25, 0.3) is 0 Å². The van der Waals surface area contributed by atoms with Gasteiger partial charge in [-0.2, -0.15) is 0 Å². The molecular formula is C17H22FNO2. The maximum atomic E-state index is 13.0. The molecule has 2 fully saturated rings. The number of nitrogens with zero attached hydrogens (tertiary/aromatic N) is 1. The summed E-state index contributed by atoms with van der Waals surface area (Å²) in [5, 5.41) is 0. The zero-order valence-electron chi connectivity index (χ0n) is 12.8. The van der Waals surface area contributed by atoms with Crippen LogP contribution in [0.3, 0.4) is 0 Å². The maximum absolute atomic E-state index is 13.0. The van der Waals surface area contributed by atoms with Gasteiger partial charge in [0.2, 0.25) is 0 Å². The number of piperidine rings is 1. The molecular weight excluding hydrogens is 269 g/mol. The van der Waals surface area contributed by atoms with Crippen molar-refractivity contribution in [1.29, 1.82) is 0 Å². The van der Waals surface area contributed by atoms with Crippen LogP contribution in [0.2, 0.25) is 0 Å². The second kappa shape index (κ2) is 5.00. The Kier molecular flexibility index (Phi) is 3.42. The van der Waals surface area contributed by atoms with Crippen LogP contribution in [0.1, 0.15) is 32.8 Å². The third kappa shape index (κ3) is 3.20. The predicted molar refractivity (Wildman–Crippen MR) is 78.4 cm³/mol. The Bertz CT molecular complexity index is 535. The fourth-order valence-electron chi connectivity index (χ4n) is 3.23. The maximum Gasteiger partial charge on any atom is 0.410 e. The van der Waals surface area contributed by atoms with Gasteiger partial charge in [-0.15, -0.1) is 0 Å². The number of carbonyl (C=O) groups is 1. The molecule has 0 radical (unpaired) electrons. The summed E-state index contributed by atoms with van der Waals surface area (Å²) in [6, 6.07) is 6.76. The van der Waals surface area contributed by atoms with Crippen molar-refractivity contribution < 1.29 is 13.9 Å². The first kappa shape index (κ1) is 14.4. The van der Waals surface area contributed by atoms with Crippen LogP contribution in [0.15, 0.2) is 24.3 Å². The van der Waals surface area contributed by atoms with Crippen molar-refractivity contribution in [2.24, 2.45) is 11.8 Å². The Morgan fingerprint density at radius 2 is 2.00 bits per heavy atom. The van der Waals surface area contributed by atoms with Gasteiger partial charge in [0.1, 0.15) is 11.4 Å². The van der Waals surface area contributed by atoms with Gasteiger partial charge in [-0.05, 0) is 63.1 Å². The van der Waals surface area contributed by atoms with Crippen LogP contribution >= 0.6 is 0 Å². The van der Waals surface area contributed by atoms with Gasteiger partial charge in [0.25, 0.3) is 0 Å². The molecule has 3 nitrogen and oxygen atoms in total. The molecule has 114 valence electrons. The highest BCUT2D eigenvalue weighted by Crippen LogP contribution is 2.50. The number of halogens is 1. The van der Waals surface area contributed by atoms with Gasteiger partial charge in [-0.1, -0.05) is 12.1 Å². The highest BCUT2D eigenvalue weighted by Gasteiger charge is 2.54. The Hall–Kier alpha value is -1.58. The summed E-state index contributed by atoms with van der Waals surface area (Å²) in [6.07, 6.45) is 1.76. The van der Waals surface area contributed by atoms with Crippen molar-refractivity contribution in [3.8, 4) is 0 Å². The van der Waals surface area contributed by atoms with Crippen molar-refractivity contribution in [2.75, 3.05) is 6.54 Å². The van der Waals surface area contributed by atoms with E-state index in [-0.39, 0.29) is 18.0 Å². The topological polar surface area (TPSA) is 29.5 Å². The quantitative estimate of drug-likeness (QED) is 0.833. The lowest BCUT2D eigenvalue weighted by atomic mass is 10.0. The van der Waals surface area contributed by atoms with Crippen molar-refractivity contribution in [1.82, 2.24) is 4.90 Å². The lowest BCUT2D eigenvalue weighted by molar-refractivity contribution is 0.0193. The molecule has 4 heteroatoms. The molecule has 1 heterocycles. The van der Waals surface area contributed by atoms with E-state index in [0.29, 0.717) is 11.8 Å². The summed E-state index contributed by atoms with van der Waals surface area (Å²) in [5.74, 6) is 0.990. The molecule has 0 bridgehead atoms. The van der Waals surface area contributed by atoms with Crippen LogP contribution in [-0.2, 0) is 11.2 Å². The van der Waals surface area contributed by atoms with Gasteiger partial charge in [0.15, 0.2) is 0 Å². The van der Waals surface area contributed by atoms with Crippen molar-refractivity contribution in [3.05, 3.63) is 35.6 Å². The Morgan fingerprint density at radius 3 is 2.62 bits per heavy atom. The van der Waals surface area contributed by atoms with Crippen LogP contribution in [-0.4, -0.2) is 29.2 Å². The summed E-state index contributed by atoms with van der Waals surface area (Å²) in [4.78, 5) is 14.2. The fourth-order valence-corrected chi connectivity index (χ4v) is 3.23. The average molecular weight is 291 g/mol. The molecule has 1 aromatic carbocycles. The number of amides is 1. The van der Waals surface area contributed by atoms with E-state index in [1.807, 2.05) is 25.7 Å². The van der Waals surface area contributed by atoms with Gasteiger partial charge in [0.05, 0.1) is 0 Å². The Balaban J connectivity index is 1.70. The summed E-state index contributed by atoms with van der Waals surface area (Å²) in [7, 11) is 0. The predicted octanol–water partition coefficient (Wildman–Crippen LogP) is 3.62. The van der Waals surface area contributed by atoms with E-state index < -0.39 is 5.60 Å². The molecule has 1 saturated carbocycles. The molecule has 1 amide bonds. The number of benzene rings is 1. The number of fused-ring (bicyclic) bond motifs is 1. The fraction of sp³-hybridized carbons (Fsp3) is 0.588. The van der Waals surface area contributed by atoms with Gasteiger partial charge in [-0.3, -0.25) is 0 Å². The number of hydrogen-bond acceptors (Lipinski definition) is 2. The Morgan fingerprint density at radius 1 is 1.33 bits per heavy atom. The summed E-state index contributed by atoms with van der Waals surface area (Å²) < 4.78 is 18.5. The van der Waals surface area contributed by atoms with E-state index in [2.05, 4.69) is 0 Å². The van der Waals surface area contributed by atoms with Gasteiger partial charge in [0, 0.05) is 12.6 Å². The molecule has 1 aliphatic carbocycles. The Labute approximate surface area is 125 Å². The largest absolute Gasteiger partial charge is 0.444 e. The van der Waals surface area contributed by atoms with E-state index in [1.54, 1.807) is 12.1 Å². The number of ether oxygens (including phenoxy) is 1. The van der Waals surface area contributed by atoms with E-state index in [9.17, 15) is 9.18 Å². The number of likely N-dealkylation sites (tertiary alicyclic amines) is 1. The number of rotatable bonds is 2. The van der Waals surface area contributed by atoms with Crippen LogP contribution in [0.5, 0.6) is 0 Å². The smallest absolute Gasteiger partial charge is 0.410 e. The van der Waals surface area contributed by atoms with Crippen molar-refractivity contribution in [3.63, 3.8) is 0 Å². The molecule has 0 aromatic heterocycles. The van der Waals surface area contributed by atoms with Crippen molar-refractivity contribution >= 4 is 6.09 Å². The monoisotopic (exact) mass is 291 g/mol. The molecule has 0 spiro atoms. The molecule has 1 aliphatic heterocycles. The zero-order valence-corrected chi connectivity index (χ0v) is 12.8. The van der Waals surface area contributed by atoms with E-state index in [0.717, 1.165) is 18.5 Å². The highest BCUT2D eigenvalue weighted by atomic mass is 19.1. The lowest BCUT2D eigenvalue weighted by Gasteiger charge is -2.30.